The fourth-order valence-corrected chi connectivity index (χ4v) is 5.09. The molecular formula is C17H24ClNO3S. The highest BCUT2D eigenvalue weighted by Crippen LogP contribution is 2.22. The second-order valence-corrected chi connectivity index (χ2v) is 8.84. The minimum atomic E-state index is -2.79. The smallest absolute Gasteiger partial charge is 0.220 e. The monoisotopic (exact) mass is 357 g/mol. The summed E-state index contributed by atoms with van der Waals surface area (Å²) in [5, 5.41) is 3.66. The molecular weight excluding hydrogens is 334 g/mol. The van der Waals surface area contributed by atoms with Gasteiger partial charge in [0.25, 0.3) is 0 Å². The molecule has 23 heavy (non-hydrogen) atoms. The number of benzene rings is 1. The molecule has 0 bridgehead atoms. The van der Waals surface area contributed by atoms with Gasteiger partial charge in [0.15, 0.2) is 9.84 Å². The Morgan fingerprint density at radius 1 is 1.26 bits per heavy atom. The molecule has 0 spiro atoms. The second-order valence-electron chi connectivity index (χ2n) is 6.21. The van der Waals surface area contributed by atoms with Crippen LogP contribution in [-0.2, 0) is 21.1 Å². The Hall–Kier alpha value is -1.07. The summed E-state index contributed by atoms with van der Waals surface area (Å²) in [6, 6.07) is 7.69. The Morgan fingerprint density at radius 3 is 2.74 bits per heavy atom. The molecule has 2 rings (SSSR count). The van der Waals surface area contributed by atoms with Crippen molar-refractivity contribution >= 4 is 27.3 Å². The summed E-state index contributed by atoms with van der Waals surface area (Å²) in [5.41, 5.74) is 1.07. The zero-order valence-electron chi connectivity index (χ0n) is 13.3. The van der Waals surface area contributed by atoms with Crippen molar-refractivity contribution in [2.45, 2.75) is 38.5 Å². The lowest BCUT2D eigenvalue weighted by atomic mass is 10.0. The third-order valence-electron chi connectivity index (χ3n) is 4.25. The van der Waals surface area contributed by atoms with Gasteiger partial charge in [0, 0.05) is 18.0 Å². The summed E-state index contributed by atoms with van der Waals surface area (Å²) >= 11 is 6.08. The maximum absolute atomic E-state index is 11.8. The molecule has 0 saturated carbocycles. The number of carbonyl (C=O) groups excluding carboxylic acids is 1. The highest BCUT2D eigenvalue weighted by Gasteiger charge is 2.27. The Balaban J connectivity index is 1.55. The first-order valence-electron chi connectivity index (χ1n) is 8.17. The average molecular weight is 358 g/mol. The Bertz CT molecular complexity index is 630. The van der Waals surface area contributed by atoms with Crippen LogP contribution in [0.3, 0.4) is 0 Å². The number of rotatable bonds is 8. The van der Waals surface area contributed by atoms with Crippen molar-refractivity contribution in [3.63, 3.8) is 0 Å². The number of aryl methyl sites for hydroxylation is 1. The van der Waals surface area contributed by atoms with Gasteiger partial charge in [0.2, 0.25) is 5.91 Å². The first-order valence-corrected chi connectivity index (χ1v) is 10.4. The molecule has 128 valence electrons. The van der Waals surface area contributed by atoms with Crippen molar-refractivity contribution < 1.29 is 13.2 Å². The number of nitrogens with one attached hydrogen (secondary N) is 1. The van der Waals surface area contributed by atoms with Gasteiger partial charge in [0.05, 0.1) is 11.5 Å². The number of sulfone groups is 1. The largest absolute Gasteiger partial charge is 0.356 e. The zero-order chi connectivity index (χ0) is 16.7. The number of hydrogen-bond donors (Lipinski definition) is 1. The Labute approximate surface area is 143 Å². The van der Waals surface area contributed by atoms with E-state index in [-0.39, 0.29) is 11.8 Å². The van der Waals surface area contributed by atoms with Crippen LogP contribution in [0.5, 0.6) is 0 Å². The van der Waals surface area contributed by atoms with E-state index in [1.807, 2.05) is 24.3 Å². The van der Waals surface area contributed by atoms with E-state index < -0.39 is 9.84 Å². The highest BCUT2D eigenvalue weighted by molar-refractivity contribution is 7.91. The molecule has 1 N–H and O–H groups in total. The summed E-state index contributed by atoms with van der Waals surface area (Å²) in [7, 11) is -2.79. The van der Waals surface area contributed by atoms with Crippen LogP contribution in [-0.4, -0.2) is 32.4 Å². The zero-order valence-corrected chi connectivity index (χ0v) is 14.8. The third kappa shape index (κ3) is 6.51. The van der Waals surface area contributed by atoms with Crippen LogP contribution in [0.4, 0.5) is 0 Å². The van der Waals surface area contributed by atoms with Crippen molar-refractivity contribution in [2.24, 2.45) is 5.92 Å². The Morgan fingerprint density at radius 2 is 2.04 bits per heavy atom. The predicted molar refractivity (Wildman–Crippen MR) is 93.4 cm³/mol. The van der Waals surface area contributed by atoms with Crippen LogP contribution in [0, 0.1) is 5.92 Å². The molecule has 6 heteroatoms. The number of amides is 1. The van der Waals surface area contributed by atoms with Gasteiger partial charge in [0.1, 0.15) is 0 Å². The Kier molecular flexibility index (Phi) is 6.90. The predicted octanol–water partition coefficient (Wildman–Crippen LogP) is 2.99. The fraction of sp³-hybridized carbons (Fsp3) is 0.588. The first-order chi connectivity index (χ1) is 11.0. The normalized spacial score (nSPS) is 19.6. The fourth-order valence-electron chi connectivity index (χ4n) is 2.95. The second kappa shape index (κ2) is 8.69. The maximum Gasteiger partial charge on any atom is 0.220 e. The SMILES string of the molecule is O=C(CCCc1ccccc1Cl)NCCCC1CCS(=O)(=O)C1. The highest BCUT2D eigenvalue weighted by atomic mass is 35.5. The molecule has 1 unspecified atom stereocenters. The minimum Gasteiger partial charge on any atom is -0.356 e. The van der Waals surface area contributed by atoms with Gasteiger partial charge in [-0.05, 0) is 49.7 Å². The molecule has 1 aliphatic heterocycles. The van der Waals surface area contributed by atoms with Gasteiger partial charge in [-0.25, -0.2) is 8.42 Å². The topological polar surface area (TPSA) is 63.2 Å². The van der Waals surface area contributed by atoms with Gasteiger partial charge in [-0.3, -0.25) is 4.79 Å². The molecule has 1 heterocycles. The third-order valence-corrected chi connectivity index (χ3v) is 6.45. The maximum atomic E-state index is 11.8. The molecule has 4 nitrogen and oxygen atoms in total. The molecule has 1 aliphatic rings. The van der Waals surface area contributed by atoms with Gasteiger partial charge in [-0.15, -0.1) is 0 Å². The number of halogens is 1. The van der Waals surface area contributed by atoms with Crippen molar-refractivity contribution in [1.29, 1.82) is 0 Å². The minimum absolute atomic E-state index is 0.0519. The molecule has 1 aromatic rings. The van der Waals surface area contributed by atoms with E-state index in [1.165, 1.54) is 0 Å². The molecule has 1 aromatic carbocycles. The van der Waals surface area contributed by atoms with E-state index in [2.05, 4.69) is 5.32 Å². The molecule has 0 aromatic heterocycles. The summed E-state index contributed by atoms with van der Waals surface area (Å²) in [6.45, 7) is 0.626. The van der Waals surface area contributed by atoms with Crippen LogP contribution in [0.1, 0.15) is 37.7 Å². The lowest BCUT2D eigenvalue weighted by Crippen LogP contribution is -2.24. The average Bonchev–Trinajstić information content (AvgIpc) is 2.85. The molecule has 1 amide bonds. The van der Waals surface area contributed by atoms with Crippen molar-refractivity contribution in [3.8, 4) is 0 Å². The standard InChI is InChI=1S/C17H24ClNO3S/c18-16-8-2-1-6-15(16)7-3-9-17(20)19-11-4-5-14-10-12-23(21,22)13-14/h1-2,6,8,14H,3-5,7,9-13H2,(H,19,20). The molecule has 1 saturated heterocycles. The summed E-state index contributed by atoms with van der Waals surface area (Å²) < 4.78 is 22.7. The molecule has 1 fully saturated rings. The van der Waals surface area contributed by atoms with E-state index in [1.54, 1.807) is 0 Å². The van der Waals surface area contributed by atoms with Crippen molar-refractivity contribution in [3.05, 3.63) is 34.9 Å². The van der Waals surface area contributed by atoms with Crippen LogP contribution in [0.15, 0.2) is 24.3 Å². The molecule has 1 atom stereocenters. The van der Waals surface area contributed by atoms with Gasteiger partial charge >= 0.3 is 0 Å². The number of carbonyl (C=O) groups is 1. The van der Waals surface area contributed by atoms with Crippen LogP contribution < -0.4 is 5.32 Å². The summed E-state index contributed by atoms with van der Waals surface area (Å²) in [6.07, 6.45) is 4.55. The number of hydrogen-bond acceptors (Lipinski definition) is 3. The van der Waals surface area contributed by atoms with Gasteiger partial charge in [-0.1, -0.05) is 29.8 Å². The lowest BCUT2D eigenvalue weighted by molar-refractivity contribution is -0.121. The van der Waals surface area contributed by atoms with Crippen LogP contribution in [0.25, 0.3) is 0 Å². The van der Waals surface area contributed by atoms with Crippen molar-refractivity contribution in [1.82, 2.24) is 5.32 Å². The van der Waals surface area contributed by atoms with E-state index in [4.69, 9.17) is 11.6 Å². The van der Waals surface area contributed by atoms with E-state index in [9.17, 15) is 13.2 Å². The van der Waals surface area contributed by atoms with Crippen molar-refractivity contribution in [2.75, 3.05) is 18.1 Å². The van der Waals surface area contributed by atoms with E-state index >= 15 is 0 Å². The lowest BCUT2D eigenvalue weighted by Gasteiger charge is -2.09. The van der Waals surface area contributed by atoms with Crippen LogP contribution >= 0.6 is 11.6 Å². The first kappa shape index (κ1) is 18.3. The molecule has 0 aliphatic carbocycles. The van der Waals surface area contributed by atoms with E-state index in [0.717, 1.165) is 42.7 Å². The van der Waals surface area contributed by atoms with Gasteiger partial charge < -0.3 is 5.32 Å². The molecule has 0 radical (unpaired) electrons. The quantitative estimate of drug-likeness (QED) is 0.727. The van der Waals surface area contributed by atoms with E-state index in [0.29, 0.717) is 24.5 Å². The van der Waals surface area contributed by atoms with Crippen LogP contribution in [0.2, 0.25) is 5.02 Å². The summed E-state index contributed by atoms with van der Waals surface area (Å²) in [4.78, 5) is 11.8. The summed E-state index contributed by atoms with van der Waals surface area (Å²) in [5.74, 6) is 0.971. The van der Waals surface area contributed by atoms with Gasteiger partial charge in [-0.2, -0.15) is 0 Å².